The fourth-order valence-corrected chi connectivity index (χ4v) is 5.60. The van der Waals surface area contributed by atoms with Crippen molar-refractivity contribution in [3.63, 3.8) is 0 Å². The molecule has 0 radical (unpaired) electrons. The summed E-state index contributed by atoms with van der Waals surface area (Å²) >= 11 is 0. The Morgan fingerprint density at radius 3 is 2.33 bits per heavy atom. The fourth-order valence-electron chi connectivity index (χ4n) is 1.95. The van der Waals surface area contributed by atoms with Crippen molar-refractivity contribution in [2.24, 2.45) is 5.41 Å². The number of piperidine rings is 1. The predicted octanol–water partition coefficient (Wildman–Crippen LogP) is -0.495. The Kier molecular flexibility index (Phi) is 4.09. The van der Waals surface area contributed by atoms with Crippen LogP contribution in [0.2, 0.25) is 0 Å². The minimum Gasteiger partial charge on any atom is -0.481 e. The van der Waals surface area contributed by atoms with Crippen molar-refractivity contribution < 1.29 is 26.7 Å². The molecule has 7 nitrogen and oxygen atoms in total. The first kappa shape index (κ1) is 15.4. The van der Waals surface area contributed by atoms with Gasteiger partial charge in [-0.3, -0.25) is 4.79 Å². The Morgan fingerprint density at radius 2 is 1.89 bits per heavy atom. The highest BCUT2D eigenvalue weighted by Crippen LogP contribution is 2.31. The van der Waals surface area contributed by atoms with E-state index in [1.165, 1.54) is 6.92 Å². The first-order chi connectivity index (χ1) is 7.96. The van der Waals surface area contributed by atoms with Crippen molar-refractivity contribution in [1.82, 2.24) is 4.31 Å². The molecular formula is C9H17NO6S2. The number of carbonyl (C=O) groups is 1. The number of carboxylic acid groups (broad SMARTS) is 1. The van der Waals surface area contributed by atoms with Gasteiger partial charge in [0.2, 0.25) is 10.0 Å². The molecule has 1 aliphatic heterocycles. The van der Waals surface area contributed by atoms with Crippen LogP contribution in [-0.2, 0) is 24.7 Å². The van der Waals surface area contributed by atoms with E-state index < -0.39 is 36.3 Å². The highest BCUT2D eigenvalue weighted by molar-refractivity contribution is 8.06. The summed E-state index contributed by atoms with van der Waals surface area (Å²) in [6, 6.07) is 0. The summed E-state index contributed by atoms with van der Waals surface area (Å²) in [4.78, 5) is 11.1. The van der Waals surface area contributed by atoms with Crippen LogP contribution in [0.25, 0.3) is 0 Å². The van der Waals surface area contributed by atoms with E-state index in [-0.39, 0.29) is 13.1 Å². The van der Waals surface area contributed by atoms with Crippen LogP contribution in [0.3, 0.4) is 0 Å². The summed E-state index contributed by atoms with van der Waals surface area (Å²) in [5.41, 5.74) is -1.15. The van der Waals surface area contributed by atoms with Gasteiger partial charge in [0.05, 0.1) is 5.41 Å². The lowest BCUT2D eigenvalue weighted by molar-refractivity contribution is -0.150. The van der Waals surface area contributed by atoms with Gasteiger partial charge in [-0.15, -0.1) is 0 Å². The average molecular weight is 299 g/mol. The maximum absolute atomic E-state index is 11.9. The van der Waals surface area contributed by atoms with E-state index >= 15 is 0 Å². The zero-order valence-electron chi connectivity index (χ0n) is 10.3. The molecule has 1 unspecified atom stereocenters. The molecule has 0 aromatic carbocycles. The Bertz CT molecular complexity index is 537. The van der Waals surface area contributed by atoms with Crippen LogP contribution in [-0.4, -0.2) is 56.6 Å². The van der Waals surface area contributed by atoms with Gasteiger partial charge in [0, 0.05) is 19.3 Å². The van der Waals surface area contributed by atoms with Gasteiger partial charge >= 0.3 is 5.97 Å². The first-order valence-corrected chi connectivity index (χ1v) is 9.02. The van der Waals surface area contributed by atoms with Crippen molar-refractivity contribution in [2.75, 3.05) is 24.4 Å². The second-order valence-electron chi connectivity index (χ2n) is 4.96. The third-order valence-corrected chi connectivity index (χ3v) is 6.94. The van der Waals surface area contributed by atoms with E-state index in [9.17, 15) is 21.6 Å². The summed E-state index contributed by atoms with van der Waals surface area (Å²) in [5.74, 6) is -1.07. The molecule has 1 heterocycles. The molecule has 1 aliphatic rings. The molecule has 18 heavy (non-hydrogen) atoms. The van der Waals surface area contributed by atoms with Crippen molar-refractivity contribution in [1.29, 1.82) is 0 Å². The number of hydrogen-bond donors (Lipinski definition) is 1. The molecular weight excluding hydrogens is 282 g/mol. The van der Waals surface area contributed by atoms with Gasteiger partial charge in [-0.2, -0.15) is 4.31 Å². The minimum atomic E-state index is -3.96. The number of rotatable bonds is 4. The van der Waals surface area contributed by atoms with E-state index in [4.69, 9.17) is 5.11 Å². The quantitative estimate of drug-likeness (QED) is 0.750. The second-order valence-corrected chi connectivity index (χ2v) is 9.43. The summed E-state index contributed by atoms with van der Waals surface area (Å²) < 4.78 is 46.8. The predicted molar refractivity (Wildman–Crippen MR) is 65.2 cm³/mol. The van der Waals surface area contributed by atoms with Crippen molar-refractivity contribution >= 4 is 25.8 Å². The third-order valence-electron chi connectivity index (χ3n) is 2.93. The summed E-state index contributed by atoms with van der Waals surface area (Å²) in [5, 5.41) is 8.10. The number of nitrogens with zero attached hydrogens (tertiary/aromatic N) is 1. The van der Waals surface area contributed by atoms with Gasteiger partial charge in [0.1, 0.15) is 0 Å². The molecule has 1 saturated heterocycles. The number of sulfonamides is 1. The second kappa shape index (κ2) is 4.78. The van der Waals surface area contributed by atoms with E-state index in [1.54, 1.807) is 0 Å². The molecule has 0 spiro atoms. The molecule has 1 N–H and O–H groups in total. The zero-order valence-corrected chi connectivity index (χ0v) is 11.9. The van der Waals surface area contributed by atoms with Gasteiger partial charge in [-0.1, -0.05) is 0 Å². The van der Waals surface area contributed by atoms with Crippen LogP contribution >= 0.6 is 0 Å². The monoisotopic (exact) mass is 299 g/mol. The lowest BCUT2D eigenvalue weighted by Gasteiger charge is -2.36. The number of aliphatic carboxylic acids is 1. The molecule has 0 aromatic heterocycles. The highest BCUT2D eigenvalue weighted by Gasteiger charge is 2.42. The van der Waals surface area contributed by atoms with Crippen LogP contribution in [0.15, 0.2) is 0 Å². The largest absolute Gasteiger partial charge is 0.481 e. The Hall–Kier alpha value is -0.670. The number of hydrogen-bond acceptors (Lipinski definition) is 5. The standard InChI is InChI=1S/C9H17NO6S2/c1-9(8(11)12)4-3-5-10(6-9)18(15,16)7-17(2,13)14/h3-7H2,1-2H3,(H,11,12). The lowest BCUT2D eigenvalue weighted by Crippen LogP contribution is -2.49. The van der Waals surface area contributed by atoms with Crippen LogP contribution < -0.4 is 0 Å². The maximum Gasteiger partial charge on any atom is 0.310 e. The van der Waals surface area contributed by atoms with Crippen LogP contribution in [0.5, 0.6) is 0 Å². The summed E-state index contributed by atoms with van der Waals surface area (Å²) in [6.07, 6.45) is 1.63. The molecule has 106 valence electrons. The Morgan fingerprint density at radius 1 is 1.33 bits per heavy atom. The van der Waals surface area contributed by atoms with Crippen LogP contribution in [0.1, 0.15) is 19.8 Å². The molecule has 0 aromatic rings. The molecule has 9 heteroatoms. The average Bonchev–Trinajstić information content (AvgIpc) is 2.13. The fraction of sp³-hybridized carbons (Fsp3) is 0.889. The van der Waals surface area contributed by atoms with Gasteiger partial charge in [-0.05, 0) is 19.8 Å². The SMILES string of the molecule is CC1(C(=O)O)CCCN(S(=O)(=O)CS(C)(=O)=O)C1. The van der Waals surface area contributed by atoms with Crippen molar-refractivity contribution in [3.05, 3.63) is 0 Å². The summed E-state index contributed by atoms with van der Waals surface area (Å²) in [6.45, 7) is 1.46. The van der Waals surface area contributed by atoms with Gasteiger partial charge in [-0.25, -0.2) is 16.8 Å². The molecule has 0 aliphatic carbocycles. The number of carboxylic acids is 1. The lowest BCUT2D eigenvalue weighted by atomic mass is 9.83. The third kappa shape index (κ3) is 3.66. The maximum atomic E-state index is 11.9. The normalized spacial score (nSPS) is 27.0. The minimum absolute atomic E-state index is 0.167. The topological polar surface area (TPSA) is 109 Å². The first-order valence-electron chi connectivity index (χ1n) is 5.35. The highest BCUT2D eigenvalue weighted by atomic mass is 32.3. The van der Waals surface area contributed by atoms with Crippen molar-refractivity contribution in [2.45, 2.75) is 19.8 Å². The van der Waals surface area contributed by atoms with E-state index in [2.05, 4.69) is 0 Å². The van der Waals surface area contributed by atoms with E-state index in [0.29, 0.717) is 12.8 Å². The molecule has 0 saturated carbocycles. The summed E-state index contributed by atoms with van der Waals surface area (Å²) in [7, 11) is -7.63. The molecule has 1 fully saturated rings. The number of sulfone groups is 1. The Balaban J connectivity index is 2.95. The Labute approximate surface area is 107 Å². The van der Waals surface area contributed by atoms with Gasteiger partial charge in [0.15, 0.2) is 14.9 Å². The van der Waals surface area contributed by atoms with Crippen molar-refractivity contribution in [3.8, 4) is 0 Å². The smallest absolute Gasteiger partial charge is 0.310 e. The molecule has 1 rings (SSSR count). The van der Waals surface area contributed by atoms with E-state index in [0.717, 1.165) is 10.6 Å². The zero-order chi connectivity index (χ0) is 14.2. The molecule has 0 amide bonds. The van der Waals surface area contributed by atoms with Crippen LogP contribution in [0.4, 0.5) is 0 Å². The van der Waals surface area contributed by atoms with Crippen LogP contribution in [0, 0.1) is 5.41 Å². The van der Waals surface area contributed by atoms with E-state index in [1.807, 2.05) is 0 Å². The molecule has 0 bridgehead atoms. The molecule has 1 atom stereocenters. The van der Waals surface area contributed by atoms with Gasteiger partial charge < -0.3 is 5.11 Å². The van der Waals surface area contributed by atoms with Gasteiger partial charge in [0.25, 0.3) is 0 Å².